The second kappa shape index (κ2) is 14.9. The van der Waals surface area contributed by atoms with Gasteiger partial charge in [-0.25, -0.2) is 16.8 Å². The number of thioether (sulfide) groups is 1. The van der Waals surface area contributed by atoms with Crippen molar-refractivity contribution in [1.29, 1.82) is 0 Å². The predicted octanol–water partition coefficient (Wildman–Crippen LogP) is 1.64. The minimum Gasteiger partial charge on any atom is -0.748 e. The van der Waals surface area contributed by atoms with Crippen molar-refractivity contribution >= 4 is 65.3 Å². The zero-order valence-electron chi connectivity index (χ0n) is 21.9. The van der Waals surface area contributed by atoms with Gasteiger partial charge in [-0.05, 0) is 30.7 Å². The van der Waals surface area contributed by atoms with E-state index in [1.165, 1.54) is 0 Å². The van der Waals surface area contributed by atoms with E-state index in [1.807, 2.05) is 101 Å². The molecule has 1 aliphatic heterocycles. The SMILES string of the molecule is O=S(=O)([O-])CCCN1/C(=C/C=C\C=C\C=C/c2sc3ccccc3[n+]2CCCS(=O)(=O)[O-])Sc2ccccc21.[Na+]. The van der Waals surface area contributed by atoms with Crippen LogP contribution < -0.4 is 39.0 Å². The van der Waals surface area contributed by atoms with E-state index in [9.17, 15) is 25.9 Å². The number of aromatic nitrogens is 1. The van der Waals surface area contributed by atoms with Gasteiger partial charge in [0.1, 0.15) is 4.70 Å². The summed E-state index contributed by atoms with van der Waals surface area (Å²) in [7, 11) is -8.50. The average molecular weight is 627 g/mol. The molecule has 0 spiro atoms. The number of hydrogen-bond acceptors (Lipinski definition) is 9. The van der Waals surface area contributed by atoms with Crippen LogP contribution in [0, 0.1) is 0 Å². The number of hydrogen-bond donors (Lipinski definition) is 0. The number of anilines is 1. The molecular weight excluding hydrogens is 600 g/mol. The van der Waals surface area contributed by atoms with Crippen molar-refractivity contribution in [2.45, 2.75) is 24.3 Å². The van der Waals surface area contributed by atoms with Gasteiger partial charge in [0.2, 0.25) is 5.52 Å². The van der Waals surface area contributed by atoms with Crippen molar-refractivity contribution in [1.82, 2.24) is 0 Å². The minimum absolute atomic E-state index is 0. The van der Waals surface area contributed by atoms with E-state index in [2.05, 4.69) is 0 Å². The van der Waals surface area contributed by atoms with Crippen LogP contribution in [0.1, 0.15) is 17.8 Å². The topological polar surface area (TPSA) is 122 Å². The summed E-state index contributed by atoms with van der Waals surface area (Å²) in [6, 6.07) is 15.7. The predicted molar refractivity (Wildman–Crippen MR) is 155 cm³/mol. The Hall–Kier alpha value is -1.74. The maximum absolute atomic E-state index is 11.0. The van der Waals surface area contributed by atoms with Gasteiger partial charge in [-0.3, -0.25) is 0 Å². The largest absolute Gasteiger partial charge is 1.00 e. The van der Waals surface area contributed by atoms with E-state index in [0.29, 0.717) is 13.1 Å². The Morgan fingerprint density at radius 2 is 1.48 bits per heavy atom. The minimum atomic E-state index is -4.25. The molecule has 0 bridgehead atoms. The Kier molecular flexibility index (Phi) is 12.2. The Morgan fingerprint density at radius 1 is 0.825 bits per heavy atom. The maximum atomic E-state index is 11.0. The van der Waals surface area contributed by atoms with E-state index in [0.717, 1.165) is 30.8 Å². The van der Waals surface area contributed by atoms with Crippen molar-refractivity contribution in [2.75, 3.05) is 23.0 Å². The number of para-hydroxylation sites is 2. The van der Waals surface area contributed by atoms with E-state index < -0.39 is 31.7 Å². The second-order valence-corrected chi connectivity index (χ2v) is 13.8. The molecule has 4 rings (SSSR count). The molecule has 0 saturated carbocycles. The molecule has 206 valence electrons. The Morgan fingerprint density at radius 3 is 2.25 bits per heavy atom. The van der Waals surface area contributed by atoms with Crippen LogP contribution in [0.25, 0.3) is 16.3 Å². The number of fused-ring (bicyclic) bond motifs is 2. The second-order valence-electron chi connectivity index (χ2n) is 8.65. The molecule has 8 nitrogen and oxygen atoms in total. The summed E-state index contributed by atoms with van der Waals surface area (Å²) in [5, 5.41) is 1.90. The molecule has 1 aliphatic rings. The van der Waals surface area contributed by atoms with Gasteiger partial charge in [0.25, 0.3) is 5.01 Å². The number of allylic oxidation sites excluding steroid dienone is 6. The van der Waals surface area contributed by atoms with Crippen molar-refractivity contribution in [3.05, 3.63) is 95.0 Å². The van der Waals surface area contributed by atoms with Crippen LogP contribution in [0.2, 0.25) is 0 Å². The van der Waals surface area contributed by atoms with Gasteiger partial charge in [-0.2, -0.15) is 4.57 Å². The van der Waals surface area contributed by atoms with Gasteiger partial charge >= 0.3 is 29.6 Å². The Balaban J connectivity index is 0.00000441. The molecule has 0 amide bonds. The number of aryl methyl sites for hydroxylation is 1. The quantitative estimate of drug-likeness (QED) is 0.129. The third-order valence-corrected chi connectivity index (χ3v) is 9.59. The monoisotopic (exact) mass is 626 g/mol. The molecule has 0 fully saturated rings. The summed E-state index contributed by atoms with van der Waals surface area (Å²) < 4.78 is 69.2. The zero-order valence-corrected chi connectivity index (χ0v) is 27.1. The van der Waals surface area contributed by atoms with Crippen LogP contribution in [0.5, 0.6) is 0 Å². The normalized spacial score (nSPS) is 15.2. The summed E-state index contributed by atoms with van der Waals surface area (Å²) in [6.07, 6.45) is 13.9. The summed E-state index contributed by atoms with van der Waals surface area (Å²) in [5.41, 5.74) is 1.99. The van der Waals surface area contributed by atoms with Crippen molar-refractivity contribution in [3.8, 4) is 0 Å². The van der Waals surface area contributed by atoms with E-state index in [1.54, 1.807) is 23.1 Å². The van der Waals surface area contributed by atoms with Crippen LogP contribution in [0.15, 0.2) is 94.9 Å². The molecular formula is C27H27N2NaO6S4. The fraction of sp³-hybridized carbons (Fsp3) is 0.222. The summed E-state index contributed by atoms with van der Waals surface area (Å²) in [6.45, 7) is 0.860. The molecule has 2 aromatic carbocycles. The van der Waals surface area contributed by atoms with Gasteiger partial charge in [0.05, 0.1) is 31.0 Å². The zero-order chi connectivity index (χ0) is 27.9. The molecule has 0 aliphatic carbocycles. The van der Waals surface area contributed by atoms with Gasteiger partial charge in [0.15, 0.2) is 6.54 Å². The molecule has 2 heterocycles. The van der Waals surface area contributed by atoms with Gasteiger partial charge in [-0.1, -0.05) is 77.7 Å². The fourth-order valence-corrected chi connectivity index (χ4v) is 7.25. The summed E-state index contributed by atoms with van der Waals surface area (Å²) in [4.78, 5) is 3.10. The number of benzene rings is 2. The molecule has 0 unspecified atom stereocenters. The standard InChI is InChI=1S/C27H28N2O6S4.Na/c30-38(31,32)20-10-18-28-22-12-6-8-14-24(22)36-26(28)16-4-2-1-3-5-17-27-29(19-11-21-39(33,34)35)23-13-7-9-15-25(23)37-27;/h1-9,12-17H,10-11,18-21H2,(H-,30,31,32,33,34,35);/q;+1/p-1. The number of thiazole rings is 1. The van der Waals surface area contributed by atoms with Crippen LogP contribution >= 0.6 is 23.1 Å². The molecule has 0 radical (unpaired) electrons. The third-order valence-electron chi connectivity index (χ3n) is 5.75. The van der Waals surface area contributed by atoms with E-state index >= 15 is 0 Å². The first-order valence-corrected chi connectivity index (χ1v) is 16.9. The van der Waals surface area contributed by atoms with Gasteiger partial charge in [0, 0.05) is 41.5 Å². The number of rotatable bonds is 12. The molecule has 40 heavy (non-hydrogen) atoms. The van der Waals surface area contributed by atoms with Crippen LogP contribution in [-0.2, 0) is 26.8 Å². The van der Waals surface area contributed by atoms with Crippen LogP contribution in [0.4, 0.5) is 5.69 Å². The van der Waals surface area contributed by atoms with Crippen LogP contribution in [-0.4, -0.2) is 44.0 Å². The van der Waals surface area contributed by atoms with Crippen LogP contribution in [0.3, 0.4) is 0 Å². The maximum Gasteiger partial charge on any atom is 1.00 e. The van der Waals surface area contributed by atoms with Gasteiger partial charge < -0.3 is 14.0 Å². The Bertz CT molecular complexity index is 1660. The summed E-state index contributed by atoms with van der Waals surface area (Å²) in [5.74, 6) is -0.794. The van der Waals surface area contributed by atoms with E-state index in [4.69, 9.17) is 0 Å². The molecule has 1 aromatic heterocycles. The van der Waals surface area contributed by atoms with Crippen molar-refractivity contribution in [3.63, 3.8) is 0 Å². The van der Waals surface area contributed by atoms with Gasteiger partial charge in [-0.15, -0.1) is 0 Å². The van der Waals surface area contributed by atoms with Crippen molar-refractivity contribution < 1.29 is 60.1 Å². The fourth-order valence-electron chi connectivity index (χ4n) is 4.08. The molecule has 0 atom stereocenters. The first-order chi connectivity index (χ1) is 18.6. The number of nitrogens with zero attached hydrogens (tertiary/aromatic N) is 2. The first kappa shape index (κ1) is 32.8. The summed E-state index contributed by atoms with van der Waals surface area (Å²) >= 11 is 3.18. The third kappa shape index (κ3) is 9.68. The average Bonchev–Trinajstić information content (AvgIpc) is 3.40. The smallest absolute Gasteiger partial charge is 0.748 e. The van der Waals surface area contributed by atoms with Crippen molar-refractivity contribution in [2.24, 2.45) is 0 Å². The first-order valence-electron chi connectivity index (χ1n) is 12.2. The molecule has 3 aromatic rings. The molecule has 0 N–H and O–H groups in total. The molecule has 0 saturated heterocycles. The van der Waals surface area contributed by atoms with E-state index in [-0.39, 0.29) is 42.4 Å². The Labute approximate surface area is 265 Å². The molecule has 13 heteroatoms.